The lowest BCUT2D eigenvalue weighted by Crippen LogP contribution is -2.59. The second kappa shape index (κ2) is 14.7. The van der Waals surface area contributed by atoms with E-state index in [9.17, 15) is 34.5 Å². The summed E-state index contributed by atoms with van der Waals surface area (Å²) in [5.41, 5.74) is 11.1. The van der Waals surface area contributed by atoms with Crippen LogP contribution in [-0.4, -0.2) is 82.9 Å². The maximum atomic E-state index is 12.3. The van der Waals surface area contributed by atoms with Crippen LogP contribution in [0.1, 0.15) is 39.5 Å². The quantitative estimate of drug-likeness (QED) is 0.123. The van der Waals surface area contributed by atoms with E-state index in [-0.39, 0.29) is 5.92 Å². The molecule has 3 amide bonds. The molecule has 0 aliphatic carbocycles. The molecule has 174 valence electrons. The van der Waals surface area contributed by atoms with E-state index in [1.807, 2.05) is 0 Å². The van der Waals surface area contributed by atoms with Gasteiger partial charge in [-0.25, -0.2) is 4.79 Å². The summed E-state index contributed by atoms with van der Waals surface area (Å²) in [7, 11) is 0. The predicted molar refractivity (Wildman–Crippen MR) is 108 cm³/mol. The van der Waals surface area contributed by atoms with Gasteiger partial charge >= 0.3 is 5.97 Å². The van der Waals surface area contributed by atoms with Crippen molar-refractivity contribution in [2.75, 3.05) is 19.8 Å². The number of amides is 3. The molecule has 12 nitrogen and oxygen atoms in total. The molecule has 0 saturated heterocycles. The molecule has 10 N–H and O–H groups in total. The van der Waals surface area contributed by atoms with Gasteiger partial charge in [0.25, 0.3) is 0 Å². The highest BCUT2D eigenvalue weighted by molar-refractivity contribution is 5.94. The van der Waals surface area contributed by atoms with Crippen molar-refractivity contribution in [1.82, 2.24) is 16.0 Å². The third-order valence-electron chi connectivity index (χ3n) is 4.71. The Morgan fingerprint density at radius 1 is 0.900 bits per heavy atom. The number of nitrogens with one attached hydrogen (secondary N) is 3. The fourth-order valence-corrected chi connectivity index (χ4v) is 2.52. The number of hydrogen-bond acceptors (Lipinski definition) is 8. The number of aliphatic hydroxyl groups is 2. The fourth-order valence-electron chi connectivity index (χ4n) is 2.52. The van der Waals surface area contributed by atoms with Crippen LogP contribution in [0.4, 0.5) is 0 Å². The fraction of sp³-hybridized carbons (Fsp3) is 0.778. The van der Waals surface area contributed by atoms with Gasteiger partial charge in [-0.15, -0.1) is 0 Å². The standard InChI is InChI=1S/C18H35N5O7/c1-3-10(2)14(18(29)30)23-17(28)13(9-25)22-16(27)12(8-24)21-15(26)11(20)6-4-5-7-19/h10-14,24-25H,3-9,19-20H2,1-2H3,(H,21,26)(H,22,27)(H,23,28)(H,29,30). The summed E-state index contributed by atoms with van der Waals surface area (Å²) in [6, 6.07) is -4.96. The van der Waals surface area contributed by atoms with Crippen LogP contribution in [0.25, 0.3) is 0 Å². The van der Waals surface area contributed by atoms with Crippen molar-refractivity contribution in [2.24, 2.45) is 17.4 Å². The van der Waals surface area contributed by atoms with Crippen LogP contribution in [0, 0.1) is 5.92 Å². The van der Waals surface area contributed by atoms with Gasteiger partial charge in [0.2, 0.25) is 17.7 Å². The molecular weight excluding hydrogens is 398 g/mol. The highest BCUT2D eigenvalue weighted by Gasteiger charge is 2.31. The summed E-state index contributed by atoms with van der Waals surface area (Å²) >= 11 is 0. The van der Waals surface area contributed by atoms with E-state index < -0.39 is 61.1 Å². The summed E-state index contributed by atoms with van der Waals surface area (Å²) < 4.78 is 0. The minimum absolute atomic E-state index is 0.344. The Labute approximate surface area is 175 Å². The number of aliphatic hydroxyl groups excluding tert-OH is 2. The third kappa shape index (κ3) is 9.48. The first-order chi connectivity index (χ1) is 14.1. The lowest BCUT2D eigenvalue weighted by Gasteiger charge is -2.25. The molecule has 0 heterocycles. The van der Waals surface area contributed by atoms with Crippen LogP contribution in [0.15, 0.2) is 0 Å². The molecular formula is C18H35N5O7. The summed E-state index contributed by atoms with van der Waals surface area (Å²) in [5, 5.41) is 34.8. The minimum atomic E-state index is -1.47. The molecule has 5 unspecified atom stereocenters. The third-order valence-corrected chi connectivity index (χ3v) is 4.71. The van der Waals surface area contributed by atoms with Gasteiger partial charge in [-0.05, 0) is 25.3 Å². The molecule has 0 radical (unpaired) electrons. The van der Waals surface area contributed by atoms with Crippen molar-refractivity contribution in [1.29, 1.82) is 0 Å². The Balaban J connectivity index is 4.94. The summed E-state index contributed by atoms with van der Waals surface area (Å²) in [6.07, 6.45) is 2.13. The average molecular weight is 434 g/mol. The zero-order valence-corrected chi connectivity index (χ0v) is 17.5. The molecule has 0 rings (SSSR count). The zero-order valence-electron chi connectivity index (χ0n) is 17.5. The SMILES string of the molecule is CCC(C)C(NC(=O)C(CO)NC(=O)C(CO)NC(=O)C(N)CCCCN)C(=O)O. The number of nitrogens with two attached hydrogens (primary N) is 2. The summed E-state index contributed by atoms with van der Waals surface area (Å²) in [5.74, 6) is -4.12. The molecule has 5 atom stereocenters. The van der Waals surface area contributed by atoms with Crippen LogP contribution in [0.5, 0.6) is 0 Å². The van der Waals surface area contributed by atoms with Gasteiger partial charge in [0.1, 0.15) is 18.1 Å². The normalized spacial score (nSPS) is 15.9. The van der Waals surface area contributed by atoms with Crippen molar-refractivity contribution >= 4 is 23.7 Å². The van der Waals surface area contributed by atoms with Crippen LogP contribution >= 0.6 is 0 Å². The van der Waals surface area contributed by atoms with Crippen LogP contribution in [0.2, 0.25) is 0 Å². The molecule has 12 heteroatoms. The molecule has 30 heavy (non-hydrogen) atoms. The molecule has 0 spiro atoms. The van der Waals surface area contributed by atoms with E-state index in [2.05, 4.69) is 16.0 Å². The first kappa shape index (κ1) is 27.7. The van der Waals surface area contributed by atoms with E-state index in [1.165, 1.54) is 0 Å². The largest absolute Gasteiger partial charge is 0.480 e. The van der Waals surface area contributed by atoms with Crippen LogP contribution < -0.4 is 27.4 Å². The Bertz CT molecular complexity index is 575. The molecule has 0 aliphatic rings. The Kier molecular flexibility index (Phi) is 13.5. The first-order valence-corrected chi connectivity index (χ1v) is 9.94. The monoisotopic (exact) mass is 433 g/mol. The highest BCUT2D eigenvalue weighted by atomic mass is 16.4. The van der Waals surface area contributed by atoms with Crippen LogP contribution in [-0.2, 0) is 19.2 Å². The lowest BCUT2D eigenvalue weighted by molar-refractivity contribution is -0.144. The molecule has 0 aromatic heterocycles. The zero-order chi connectivity index (χ0) is 23.3. The second-order valence-corrected chi connectivity index (χ2v) is 7.09. The second-order valence-electron chi connectivity index (χ2n) is 7.09. The van der Waals surface area contributed by atoms with Gasteiger partial charge in [-0.1, -0.05) is 26.7 Å². The van der Waals surface area contributed by atoms with Gasteiger partial charge < -0.3 is 42.7 Å². The average Bonchev–Trinajstić information content (AvgIpc) is 2.72. The molecule has 0 aromatic carbocycles. The highest BCUT2D eigenvalue weighted by Crippen LogP contribution is 2.08. The van der Waals surface area contributed by atoms with Gasteiger partial charge in [0.15, 0.2) is 0 Å². The number of rotatable bonds is 15. The molecule has 0 fully saturated rings. The number of carboxylic acid groups (broad SMARTS) is 1. The maximum absolute atomic E-state index is 12.3. The van der Waals surface area contributed by atoms with Crippen molar-refractivity contribution < 1.29 is 34.5 Å². The van der Waals surface area contributed by atoms with Crippen molar-refractivity contribution in [2.45, 2.75) is 63.7 Å². The molecule has 0 bridgehead atoms. The number of unbranched alkanes of at least 4 members (excludes halogenated alkanes) is 1. The Morgan fingerprint density at radius 2 is 1.40 bits per heavy atom. The first-order valence-electron chi connectivity index (χ1n) is 9.94. The molecule has 0 aliphatic heterocycles. The number of carbonyl (C=O) groups excluding carboxylic acids is 3. The van der Waals surface area contributed by atoms with E-state index in [4.69, 9.17) is 11.5 Å². The number of hydrogen-bond donors (Lipinski definition) is 8. The Morgan fingerprint density at radius 3 is 1.83 bits per heavy atom. The summed E-state index contributed by atoms with van der Waals surface area (Å²) in [6.45, 7) is 2.28. The molecule has 0 aromatic rings. The van der Waals surface area contributed by atoms with Gasteiger partial charge in [-0.3, -0.25) is 14.4 Å². The van der Waals surface area contributed by atoms with Gasteiger partial charge in [0, 0.05) is 0 Å². The molecule has 0 saturated carbocycles. The van der Waals surface area contributed by atoms with Crippen molar-refractivity contribution in [3.8, 4) is 0 Å². The number of carbonyl (C=O) groups is 4. The van der Waals surface area contributed by atoms with Crippen LogP contribution in [0.3, 0.4) is 0 Å². The summed E-state index contributed by atoms with van der Waals surface area (Å²) in [4.78, 5) is 48.0. The van der Waals surface area contributed by atoms with E-state index >= 15 is 0 Å². The maximum Gasteiger partial charge on any atom is 0.326 e. The predicted octanol–water partition coefficient (Wildman–Crippen LogP) is -2.99. The van der Waals surface area contributed by atoms with Gasteiger partial charge in [0.05, 0.1) is 19.3 Å². The number of aliphatic carboxylic acids is 1. The lowest BCUT2D eigenvalue weighted by atomic mass is 9.99. The van der Waals surface area contributed by atoms with E-state index in [0.717, 1.165) is 0 Å². The van der Waals surface area contributed by atoms with E-state index in [1.54, 1.807) is 13.8 Å². The topological polar surface area (TPSA) is 217 Å². The minimum Gasteiger partial charge on any atom is -0.480 e. The van der Waals surface area contributed by atoms with Gasteiger partial charge in [-0.2, -0.15) is 0 Å². The number of carboxylic acids is 1. The smallest absolute Gasteiger partial charge is 0.326 e. The Hall–Kier alpha value is -2.28. The van der Waals surface area contributed by atoms with Crippen molar-refractivity contribution in [3.05, 3.63) is 0 Å². The van der Waals surface area contributed by atoms with Crippen molar-refractivity contribution in [3.63, 3.8) is 0 Å². The van der Waals surface area contributed by atoms with E-state index in [0.29, 0.717) is 32.2 Å².